The molecule has 0 amide bonds. The lowest BCUT2D eigenvalue weighted by molar-refractivity contribution is 0.146. The van der Waals surface area contributed by atoms with Gasteiger partial charge in [0.25, 0.3) is 0 Å². The lowest BCUT2D eigenvalue weighted by atomic mass is 9.92. The summed E-state index contributed by atoms with van der Waals surface area (Å²) in [5.41, 5.74) is 7.52. The van der Waals surface area contributed by atoms with E-state index in [1.54, 1.807) is 5.57 Å². The van der Waals surface area contributed by atoms with E-state index in [4.69, 9.17) is 5.73 Å². The molecule has 1 saturated carbocycles. The standard InChI is InChI=1S/C14H26N2/c1-12-7-9-16(10-8-12)14-6-4-2-3-5-13(14)11-15/h7,13-14H,2-6,8-11,15H2,1H3. The number of hydrogen-bond donors (Lipinski definition) is 1. The Morgan fingerprint density at radius 1 is 1.31 bits per heavy atom. The van der Waals surface area contributed by atoms with Crippen molar-refractivity contribution < 1.29 is 0 Å². The smallest absolute Gasteiger partial charge is 0.0168 e. The fourth-order valence-corrected chi connectivity index (χ4v) is 3.21. The first-order valence-corrected chi connectivity index (χ1v) is 6.91. The summed E-state index contributed by atoms with van der Waals surface area (Å²) in [5.74, 6) is 0.745. The second-order valence-electron chi connectivity index (χ2n) is 5.50. The topological polar surface area (TPSA) is 29.3 Å². The van der Waals surface area contributed by atoms with Crippen LogP contribution in [-0.4, -0.2) is 30.6 Å². The maximum Gasteiger partial charge on any atom is 0.0168 e. The molecule has 16 heavy (non-hydrogen) atoms. The van der Waals surface area contributed by atoms with E-state index in [1.165, 1.54) is 45.1 Å². The van der Waals surface area contributed by atoms with Gasteiger partial charge >= 0.3 is 0 Å². The van der Waals surface area contributed by atoms with Gasteiger partial charge in [0.2, 0.25) is 0 Å². The lowest BCUT2D eigenvalue weighted by Crippen LogP contribution is -2.44. The summed E-state index contributed by atoms with van der Waals surface area (Å²) in [4.78, 5) is 2.68. The van der Waals surface area contributed by atoms with Gasteiger partial charge in [0.05, 0.1) is 0 Å². The van der Waals surface area contributed by atoms with Gasteiger partial charge in [0.15, 0.2) is 0 Å². The lowest BCUT2D eigenvalue weighted by Gasteiger charge is -2.37. The van der Waals surface area contributed by atoms with Gasteiger partial charge in [-0.15, -0.1) is 0 Å². The van der Waals surface area contributed by atoms with Gasteiger partial charge in [-0.05, 0) is 38.6 Å². The summed E-state index contributed by atoms with van der Waals surface area (Å²) in [7, 11) is 0. The molecule has 1 aliphatic heterocycles. The van der Waals surface area contributed by atoms with Crippen LogP contribution in [0.2, 0.25) is 0 Å². The van der Waals surface area contributed by atoms with Crippen molar-refractivity contribution >= 4 is 0 Å². The zero-order chi connectivity index (χ0) is 11.4. The quantitative estimate of drug-likeness (QED) is 0.575. The molecule has 1 heterocycles. The molecule has 1 fully saturated rings. The molecular formula is C14H26N2. The molecule has 0 saturated heterocycles. The van der Waals surface area contributed by atoms with Crippen molar-refractivity contribution in [2.45, 2.75) is 51.5 Å². The number of hydrogen-bond acceptors (Lipinski definition) is 2. The molecule has 0 aromatic heterocycles. The first kappa shape index (κ1) is 12.1. The molecule has 0 aromatic rings. The molecule has 0 radical (unpaired) electrons. The Kier molecular flexibility index (Phi) is 4.42. The predicted molar refractivity (Wildman–Crippen MR) is 69.4 cm³/mol. The van der Waals surface area contributed by atoms with Crippen LogP contribution >= 0.6 is 0 Å². The summed E-state index contributed by atoms with van der Waals surface area (Å²) in [5, 5.41) is 0. The second kappa shape index (κ2) is 5.83. The molecular weight excluding hydrogens is 196 g/mol. The monoisotopic (exact) mass is 222 g/mol. The molecule has 0 aromatic carbocycles. The average Bonchev–Trinajstić information content (AvgIpc) is 2.55. The molecule has 2 nitrogen and oxygen atoms in total. The molecule has 2 aliphatic rings. The van der Waals surface area contributed by atoms with Crippen LogP contribution in [0.15, 0.2) is 11.6 Å². The Balaban J connectivity index is 1.99. The van der Waals surface area contributed by atoms with Crippen LogP contribution in [0.4, 0.5) is 0 Å². The highest BCUT2D eigenvalue weighted by Crippen LogP contribution is 2.28. The summed E-state index contributed by atoms with van der Waals surface area (Å²) in [6.45, 7) is 5.55. The second-order valence-corrected chi connectivity index (χ2v) is 5.50. The largest absolute Gasteiger partial charge is 0.330 e. The van der Waals surface area contributed by atoms with Crippen LogP contribution < -0.4 is 5.73 Å². The van der Waals surface area contributed by atoms with Crippen molar-refractivity contribution in [2.75, 3.05) is 19.6 Å². The Morgan fingerprint density at radius 2 is 2.12 bits per heavy atom. The third-order valence-electron chi connectivity index (χ3n) is 4.36. The molecule has 2 N–H and O–H groups in total. The van der Waals surface area contributed by atoms with Gasteiger partial charge in [-0.2, -0.15) is 0 Å². The van der Waals surface area contributed by atoms with E-state index >= 15 is 0 Å². The van der Waals surface area contributed by atoms with E-state index in [0.29, 0.717) is 0 Å². The zero-order valence-electron chi connectivity index (χ0n) is 10.6. The Labute approximate surface area is 99.9 Å². The Morgan fingerprint density at radius 3 is 2.81 bits per heavy atom. The van der Waals surface area contributed by atoms with E-state index in [9.17, 15) is 0 Å². The van der Waals surface area contributed by atoms with E-state index < -0.39 is 0 Å². The first-order valence-electron chi connectivity index (χ1n) is 6.91. The van der Waals surface area contributed by atoms with Crippen LogP contribution in [0.5, 0.6) is 0 Å². The Hall–Kier alpha value is -0.340. The summed E-state index contributed by atoms with van der Waals surface area (Å²) >= 11 is 0. The third kappa shape index (κ3) is 2.86. The minimum atomic E-state index is 0.745. The van der Waals surface area contributed by atoms with Crippen molar-refractivity contribution in [2.24, 2.45) is 11.7 Å². The summed E-state index contributed by atoms with van der Waals surface area (Å²) in [6.07, 6.45) is 10.6. The molecule has 2 atom stereocenters. The molecule has 2 heteroatoms. The van der Waals surface area contributed by atoms with Crippen LogP contribution in [0, 0.1) is 5.92 Å². The fraction of sp³-hybridized carbons (Fsp3) is 0.857. The highest BCUT2D eigenvalue weighted by Gasteiger charge is 2.28. The number of nitrogens with two attached hydrogens (primary N) is 1. The van der Waals surface area contributed by atoms with E-state index in [2.05, 4.69) is 17.9 Å². The van der Waals surface area contributed by atoms with Crippen LogP contribution in [0.3, 0.4) is 0 Å². The van der Waals surface area contributed by atoms with Crippen molar-refractivity contribution in [1.29, 1.82) is 0 Å². The van der Waals surface area contributed by atoms with Crippen LogP contribution in [-0.2, 0) is 0 Å². The molecule has 92 valence electrons. The summed E-state index contributed by atoms with van der Waals surface area (Å²) in [6, 6.07) is 0.761. The highest BCUT2D eigenvalue weighted by molar-refractivity contribution is 5.05. The van der Waals surface area contributed by atoms with E-state index in [1.807, 2.05) is 0 Å². The minimum Gasteiger partial charge on any atom is -0.330 e. The van der Waals surface area contributed by atoms with E-state index in [0.717, 1.165) is 25.0 Å². The first-order chi connectivity index (χ1) is 7.81. The third-order valence-corrected chi connectivity index (χ3v) is 4.36. The van der Waals surface area contributed by atoms with Gasteiger partial charge < -0.3 is 5.73 Å². The highest BCUT2D eigenvalue weighted by atomic mass is 15.2. The van der Waals surface area contributed by atoms with Crippen LogP contribution in [0.1, 0.15) is 45.4 Å². The molecule has 2 unspecified atom stereocenters. The van der Waals surface area contributed by atoms with Gasteiger partial charge in [0, 0.05) is 19.1 Å². The number of rotatable bonds is 2. The fourth-order valence-electron chi connectivity index (χ4n) is 3.21. The van der Waals surface area contributed by atoms with Gasteiger partial charge in [-0.25, -0.2) is 0 Å². The van der Waals surface area contributed by atoms with Crippen LogP contribution in [0.25, 0.3) is 0 Å². The molecule has 0 spiro atoms. The predicted octanol–water partition coefficient (Wildman–Crippen LogP) is 2.55. The summed E-state index contributed by atoms with van der Waals surface area (Å²) < 4.78 is 0. The Bertz CT molecular complexity index is 247. The number of nitrogens with zero attached hydrogens (tertiary/aromatic N) is 1. The van der Waals surface area contributed by atoms with E-state index in [-0.39, 0.29) is 0 Å². The van der Waals surface area contributed by atoms with Crippen molar-refractivity contribution in [3.63, 3.8) is 0 Å². The van der Waals surface area contributed by atoms with Crippen molar-refractivity contribution in [1.82, 2.24) is 4.90 Å². The van der Waals surface area contributed by atoms with Crippen molar-refractivity contribution in [3.8, 4) is 0 Å². The SMILES string of the molecule is CC1=CCN(C2CCCCCC2CN)CC1. The van der Waals surface area contributed by atoms with Gasteiger partial charge in [-0.1, -0.05) is 30.9 Å². The van der Waals surface area contributed by atoms with Gasteiger partial charge in [-0.3, -0.25) is 4.90 Å². The minimum absolute atomic E-state index is 0.745. The normalized spacial score (nSPS) is 33.2. The average molecular weight is 222 g/mol. The zero-order valence-corrected chi connectivity index (χ0v) is 10.6. The molecule has 1 aliphatic carbocycles. The maximum atomic E-state index is 5.95. The molecule has 2 rings (SSSR count). The van der Waals surface area contributed by atoms with Gasteiger partial charge in [0.1, 0.15) is 0 Å². The maximum absolute atomic E-state index is 5.95. The van der Waals surface area contributed by atoms with Crippen molar-refractivity contribution in [3.05, 3.63) is 11.6 Å². The molecule has 0 bridgehead atoms.